The fraction of sp³-hybridized carbons (Fsp3) is 0.214. The van der Waals surface area contributed by atoms with Crippen molar-refractivity contribution in [2.45, 2.75) is 13.0 Å². The number of hydrogen-bond acceptors (Lipinski definition) is 4. The van der Waals surface area contributed by atoms with Crippen LogP contribution in [0.2, 0.25) is 0 Å². The van der Waals surface area contributed by atoms with Gasteiger partial charge in [0.05, 0.1) is 25.0 Å². The molecule has 1 N–H and O–H groups in total. The van der Waals surface area contributed by atoms with E-state index in [-0.39, 0.29) is 0 Å². The van der Waals surface area contributed by atoms with Crippen LogP contribution in [-0.4, -0.2) is 17.2 Å². The highest BCUT2D eigenvalue weighted by Gasteiger charge is 2.15. The Bertz CT molecular complexity index is 512. The number of aliphatic hydroxyl groups excluding tert-OH is 1. The minimum absolute atomic E-state index is 0.567. The number of benzene rings is 1. The molecule has 0 radical (unpaired) electrons. The Morgan fingerprint density at radius 2 is 1.94 bits per heavy atom. The van der Waals surface area contributed by atoms with Crippen LogP contribution >= 0.6 is 0 Å². The van der Waals surface area contributed by atoms with Gasteiger partial charge in [-0.1, -0.05) is 6.07 Å². The predicted octanol–water partition coefficient (Wildman–Crippen LogP) is 2.94. The van der Waals surface area contributed by atoms with Gasteiger partial charge in [0.1, 0.15) is 17.2 Å². The fourth-order valence-corrected chi connectivity index (χ4v) is 1.74. The van der Waals surface area contributed by atoms with Crippen LogP contribution < -0.4 is 9.47 Å². The van der Waals surface area contributed by atoms with Crippen LogP contribution in [0, 0.1) is 0 Å². The second-order valence-electron chi connectivity index (χ2n) is 3.84. The van der Waals surface area contributed by atoms with Crippen molar-refractivity contribution in [1.82, 2.24) is 4.98 Å². The molecule has 0 saturated heterocycles. The van der Waals surface area contributed by atoms with Crippen LogP contribution in [0.3, 0.4) is 0 Å². The third-order valence-electron chi connectivity index (χ3n) is 2.53. The van der Waals surface area contributed by atoms with E-state index < -0.39 is 6.10 Å². The smallest absolute Gasteiger partial charge is 0.145 e. The van der Waals surface area contributed by atoms with E-state index in [2.05, 4.69) is 4.98 Å². The van der Waals surface area contributed by atoms with Gasteiger partial charge < -0.3 is 14.6 Å². The molecule has 0 aliphatic carbocycles. The lowest BCUT2D eigenvalue weighted by Gasteiger charge is -2.16. The van der Waals surface area contributed by atoms with E-state index in [1.165, 1.54) is 0 Å². The topological polar surface area (TPSA) is 51.6 Å². The second kappa shape index (κ2) is 5.51. The Kier molecular flexibility index (Phi) is 3.79. The van der Waals surface area contributed by atoms with Crippen molar-refractivity contribution in [1.29, 1.82) is 0 Å². The molecule has 1 heterocycles. The lowest BCUT2D eigenvalue weighted by atomic mass is 10.1. The Hall–Kier alpha value is -2.07. The van der Waals surface area contributed by atoms with Gasteiger partial charge in [-0.05, 0) is 31.2 Å². The summed E-state index contributed by atoms with van der Waals surface area (Å²) < 4.78 is 10.9. The van der Waals surface area contributed by atoms with Crippen molar-refractivity contribution < 1.29 is 14.6 Å². The van der Waals surface area contributed by atoms with Gasteiger partial charge in [0.15, 0.2) is 0 Å². The first-order valence-corrected chi connectivity index (χ1v) is 5.65. The molecule has 0 unspecified atom stereocenters. The molecule has 4 heteroatoms. The number of nitrogens with zero attached hydrogens (tertiary/aromatic N) is 1. The number of rotatable bonds is 4. The molecule has 0 aliphatic rings. The Morgan fingerprint density at radius 3 is 2.56 bits per heavy atom. The van der Waals surface area contributed by atoms with E-state index in [0.717, 1.165) is 0 Å². The number of aromatic nitrogens is 1. The van der Waals surface area contributed by atoms with Gasteiger partial charge in [0, 0.05) is 6.20 Å². The van der Waals surface area contributed by atoms with Crippen LogP contribution in [0.5, 0.6) is 17.2 Å². The van der Waals surface area contributed by atoms with Crippen LogP contribution in [0.25, 0.3) is 0 Å². The molecule has 18 heavy (non-hydrogen) atoms. The number of hydrogen-bond donors (Lipinski definition) is 1. The van der Waals surface area contributed by atoms with Gasteiger partial charge in [0.2, 0.25) is 0 Å². The first-order chi connectivity index (χ1) is 8.72. The molecule has 2 rings (SSSR count). The zero-order valence-electron chi connectivity index (χ0n) is 10.3. The van der Waals surface area contributed by atoms with Crippen LogP contribution in [-0.2, 0) is 0 Å². The maximum absolute atomic E-state index is 9.82. The molecule has 0 amide bonds. The minimum Gasteiger partial charge on any atom is -0.496 e. The molecule has 1 aromatic carbocycles. The third-order valence-corrected chi connectivity index (χ3v) is 2.53. The van der Waals surface area contributed by atoms with Crippen LogP contribution in [0.4, 0.5) is 0 Å². The molecule has 1 aromatic heterocycles. The molecule has 0 spiro atoms. The van der Waals surface area contributed by atoms with Crippen molar-refractivity contribution in [2.75, 3.05) is 7.11 Å². The Morgan fingerprint density at radius 1 is 1.17 bits per heavy atom. The quantitative estimate of drug-likeness (QED) is 0.899. The van der Waals surface area contributed by atoms with Crippen molar-refractivity contribution in [3.05, 3.63) is 48.3 Å². The van der Waals surface area contributed by atoms with E-state index >= 15 is 0 Å². The van der Waals surface area contributed by atoms with E-state index in [4.69, 9.17) is 9.47 Å². The molecule has 0 aliphatic heterocycles. The number of ether oxygens (including phenoxy) is 2. The highest BCUT2D eigenvalue weighted by atomic mass is 16.5. The number of aliphatic hydroxyl groups is 1. The first kappa shape index (κ1) is 12.4. The average molecular weight is 245 g/mol. The molecule has 0 saturated carbocycles. The van der Waals surface area contributed by atoms with Crippen molar-refractivity contribution in [3.8, 4) is 17.2 Å². The highest BCUT2D eigenvalue weighted by Crippen LogP contribution is 2.36. The normalized spacial score (nSPS) is 11.9. The standard InChI is InChI=1S/C14H15NO3/c1-10(16)14-12(17-2)6-3-7-13(14)18-11-5-4-8-15-9-11/h3-10,16H,1-2H3/t10-/m0/s1. The third kappa shape index (κ3) is 2.60. The summed E-state index contributed by atoms with van der Waals surface area (Å²) in [4.78, 5) is 3.98. The SMILES string of the molecule is COc1cccc(Oc2cccnc2)c1[C@H](C)O. The summed E-state index contributed by atoms with van der Waals surface area (Å²) in [5, 5.41) is 9.82. The zero-order chi connectivity index (χ0) is 13.0. The largest absolute Gasteiger partial charge is 0.496 e. The van der Waals surface area contributed by atoms with Gasteiger partial charge in [-0.3, -0.25) is 4.98 Å². The van der Waals surface area contributed by atoms with E-state index in [0.29, 0.717) is 22.8 Å². The van der Waals surface area contributed by atoms with E-state index in [1.807, 2.05) is 6.07 Å². The van der Waals surface area contributed by atoms with Gasteiger partial charge in [-0.2, -0.15) is 0 Å². The minimum atomic E-state index is -0.673. The summed E-state index contributed by atoms with van der Waals surface area (Å²) in [6, 6.07) is 8.99. The molecular formula is C14H15NO3. The summed E-state index contributed by atoms with van der Waals surface area (Å²) >= 11 is 0. The molecule has 4 nitrogen and oxygen atoms in total. The monoisotopic (exact) mass is 245 g/mol. The fourth-order valence-electron chi connectivity index (χ4n) is 1.74. The zero-order valence-corrected chi connectivity index (χ0v) is 10.3. The average Bonchev–Trinajstić information content (AvgIpc) is 2.39. The Balaban J connectivity index is 2.38. The molecule has 94 valence electrons. The first-order valence-electron chi connectivity index (χ1n) is 5.65. The number of pyridine rings is 1. The van der Waals surface area contributed by atoms with Gasteiger partial charge in [0.25, 0.3) is 0 Å². The molecule has 1 atom stereocenters. The van der Waals surface area contributed by atoms with Gasteiger partial charge >= 0.3 is 0 Å². The second-order valence-corrected chi connectivity index (χ2v) is 3.84. The van der Waals surface area contributed by atoms with Crippen LogP contribution in [0.15, 0.2) is 42.7 Å². The van der Waals surface area contributed by atoms with Crippen molar-refractivity contribution >= 4 is 0 Å². The molecular weight excluding hydrogens is 230 g/mol. The van der Waals surface area contributed by atoms with Gasteiger partial charge in [-0.15, -0.1) is 0 Å². The van der Waals surface area contributed by atoms with E-state index in [9.17, 15) is 5.11 Å². The lowest BCUT2D eigenvalue weighted by molar-refractivity contribution is 0.190. The number of methoxy groups -OCH3 is 1. The lowest BCUT2D eigenvalue weighted by Crippen LogP contribution is -2.00. The predicted molar refractivity (Wildman–Crippen MR) is 67.9 cm³/mol. The van der Waals surface area contributed by atoms with E-state index in [1.54, 1.807) is 50.7 Å². The highest BCUT2D eigenvalue weighted by molar-refractivity contribution is 5.47. The summed E-state index contributed by atoms with van der Waals surface area (Å²) in [5.41, 5.74) is 0.629. The van der Waals surface area contributed by atoms with Crippen molar-refractivity contribution in [2.24, 2.45) is 0 Å². The molecule has 0 bridgehead atoms. The molecule has 0 fully saturated rings. The summed E-state index contributed by atoms with van der Waals surface area (Å²) in [5.74, 6) is 1.79. The molecule has 2 aromatic rings. The van der Waals surface area contributed by atoms with Crippen molar-refractivity contribution in [3.63, 3.8) is 0 Å². The summed E-state index contributed by atoms with van der Waals surface area (Å²) in [6.45, 7) is 1.67. The maximum Gasteiger partial charge on any atom is 0.145 e. The Labute approximate surface area is 106 Å². The summed E-state index contributed by atoms with van der Waals surface area (Å²) in [6.07, 6.45) is 2.62. The van der Waals surface area contributed by atoms with Crippen LogP contribution in [0.1, 0.15) is 18.6 Å². The maximum atomic E-state index is 9.82. The summed E-state index contributed by atoms with van der Waals surface area (Å²) in [7, 11) is 1.56. The van der Waals surface area contributed by atoms with Gasteiger partial charge in [-0.25, -0.2) is 0 Å².